The lowest BCUT2D eigenvalue weighted by atomic mass is 10.0. The molecule has 0 aliphatic heterocycles. The van der Waals surface area contributed by atoms with E-state index in [4.69, 9.17) is 16.3 Å². The summed E-state index contributed by atoms with van der Waals surface area (Å²) in [5.74, 6) is -0.257. The first-order valence-electron chi connectivity index (χ1n) is 9.99. The highest BCUT2D eigenvalue weighted by Gasteiger charge is 2.23. The molecule has 0 saturated heterocycles. The molecule has 31 heavy (non-hydrogen) atoms. The molecule has 2 amide bonds. The second-order valence-electron chi connectivity index (χ2n) is 7.54. The summed E-state index contributed by atoms with van der Waals surface area (Å²) >= 11 is 5.87. The van der Waals surface area contributed by atoms with Gasteiger partial charge < -0.3 is 15.0 Å². The van der Waals surface area contributed by atoms with Crippen LogP contribution >= 0.6 is 11.6 Å². The maximum atomic E-state index is 12.8. The van der Waals surface area contributed by atoms with Crippen LogP contribution < -0.4 is 10.7 Å². The van der Waals surface area contributed by atoms with Crippen molar-refractivity contribution in [1.82, 2.24) is 15.7 Å². The zero-order valence-corrected chi connectivity index (χ0v) is 18.1. The number of amides is 2. The minimum atomic E-state index is -0.860. The first-order valence-corrected chi connectivity index (χ1v) is 10.4. The summed E-state index contributed by atoms with van der Waals surface area (Å²) in [6, 6.07) is 13.9. The molecule has 1 aromatic heterocycles. The average Bonchev–Trinajstić information content (AvgIpc) is 3.16. The molecule has 2 aromatic carbocycles. The van der Waals surface area contributed by atoms with Crippen molar-refractivity contribution in [2.75, 3.05) is 6.61 Å². The molecule has 0 saturated carbocycles. The number of nitrogens with one attached hydrogen (secondary N) is 3. The summed E-state index contributed by atoms with van der Waals surface area (Å²) in [5.41, 5.74) is 5.14. The van der Waals surface area contributed by atoms with Gasteiger partial charge in [0.25, 0.3) is 5.91 Å². The molecule has 7 nitrogen and oxygen atoms in total. The van der Waals surface area contributed by atoms with Crippen LogP contribution in [0, 0.1) is 5.92 Å². The predicted molar refractivity (Wildman–Crippen MR) is 122 cm³/mol. The topological polar surface area (TPSA) is 95.6 Å². The van der Waals surface area contributed by atoms with Gasteiger partial charge in [0, 0.05) is 28.5 Å². The minimum absolute atomic E-state index is 0.190. The Balaban J connectivity index is 1.71. The van der Waals surface area contributed by atoms with Gasteiger partial charge >= 0.3 is 6.09 Å². The van der Waals surface area contributed by atoms with Gasteiger partial charge in [-0.2, -0.15) is 5.10 Å². The molecule has 3 rings (SSSR count). The number of rotatable bonds is 8. The maximum absolute atomic E-state index is 12.8. The second kappa shape index (κ2) is 10.6. The number of halogens is 1. The summed E-state index contributed by atoms with van der Waals surface area (Å²) in [6.07, 6.45) is 2.98. The van der Waals surface area contributed by atoms with E-state index in [1.165, 1.54) is 6.21 Å². The Morgan fingerprint density at radius 1 is 1.16 bits per heavy atom. The quantitative estimate of drug-likeness (QED) is 0.360. The van der Waals surface area contributed by atoms with Crippen LogP contribution in [0.25, 0.3) is 10.9 Å². The number of carbonyl (C=O) groups is 2. The van der Waals surface area contributed by atoms with Crippen LogP contribution in [-0.4, -0.2) is 35.8 Å². The molecule has 0 radical (unpaired) electrons. The summed E-state index contributed by atoms with van der Waals surface area (Å²) in [6.45, 7) is 4.14. The number of hydrogen-bond acceptors (Lipinski definition) is 4. The lowest BCUT2D eigenvalue weighted by molar-refractivity contribution is -0.123. The van der Waals surface area contributed by atoms with Gasteiger partial charge in [-0.25, -0.2) is 10.2 Å². The first kappa shape index (κ1) is 22.4. The number of hydrazone groups is 1. The molecule has 8 heteroatoms. The van der Waals surface area contributed by atoms with Crippen molar-refractivity contribution in [1.29, 1.82) is 0 Å². The number of alkyl carbamates (subject to hydrolysis) is 1. The maximum Gasteiger partial charge on any atom is 0.407 e. The molecular formula is C23H25ClN4O3. The van der Waals surface area contributed by atoms with Crippen molar-refractivity contribution in [3.63, 3.8) is 0 Å². The lowest BCUT2D eigenvalue weighted by Crippen LogP contribution is -2.47. The Bertz CT molecular complexity index is 1060. The Labute approximate surface area is 185 Å². The molecule has 162 valence electrons. The van der Waals surface area contributed by atoms with Crippen molar-refractivity contribution < 1.29 is 14.3 Å². The van der Waals surface area contributed by atoms with Crippen molar-refractivity contribution in [3.05, 3.63) is 70.9 Å². The Morgan fingerprint density at radius 2 is 1.90 bits per heavy atom. The van der Waals surface area contributed by atoms with Gasteiger partial charge in [-0.3, -0.25) is 4.79 Å². The van der Waals surface area contributed by atoms with Gasteiger partial charge in [0.2, 0.25) is 0 Å². The highest BCUT2D eigenvalue weighted by molar-refractivity contribution is 6.30. The van der Waals surface area contributed by atoms with Gasteiger partial charge in [-0.15, -0.1) is 0 Å². The smallest absolute Gasteiger partial charge is 0.407 e. The molecule has 3 N–H and O–H groups in total. The van der Waals surface area contributed by atoms with E-state index >= 15 is 0 Å². The molecule has 0 fully saturated rings. The second-order valence-corrected chi connectivity index (χ2v) is 7.98. The molecule has 0 aliphatic carbocycles. The monoisotopic (exact) mass is 440 g/mol. The van der Waals surface area contributed by atoms with Gasteiger partial charge in [-0.1, -0.05) is 55.8 Å². The fraction of sp³-hybridized carbons (Fsp3) is 0.261. The zero-order valence-electron chi connectivity index (χ0n) is 17.4. The summed E-state index contributed by atoms with van der Waals surface area (Å²) in [5, 5.41) is 8.25. The number of aromatic nitrogens is 1. The highest BCUT2D eigenvalue weighted by atomic mass is 35.5. The SMILES string of the molecule is CC(C)COC(=O)N[C@H](Cc1c[nH]c2ccccc12)C(=O)N/N=C\c1ccc(Cl)cc1. The molecule has 0 aliphatic rings. The third-order valence-electron chi connectivity index (χ3n) is 4.51. The molecule has 1 atom stereocenters. The number of nitrogens with zero attached hydrogens (tertiary/aromatic N) is 1. The van der Waals surface area contributed by atoms with E-state index in [1.807, 2.05) is 44.3 Å². The predicted octanol–water partition coefficient (Wildman–Crippen LogP) is 4.26. The zero-order chi connectivity index (χ0) is 22.2. The van der Waals surface area contributed by atoms with Crippen molar-refractivity contribution in [2.24, 2.45) is 11.0 Å². The molecule has 0 spiro atoms. The van der Waals surface area contributed by atoms with Crippen LogP contribution in [0.1, 0.15) is 25.0 Å². The number of carbonyl (C=O) groups excluding carboxylic acids is 2. The molecule has 0 unspecified atom stereocenters. The van der Waals surface area contributed by atoms with Gasteiger partial charge in [-0.05, 0) is 35.2 Å². The fourth-order valence-corrected chi connectivity index (χ4v) is 3.08. The van der Waals surface area contributed by atoms with Crippen LogP contribution in [0.15, 0.2) is 59.8 Å². The van der Waals surface area contributed by atoms with E-state index in [0.717, 1.165) is 22.0 Å². The van der Waals surface area contributed by atoms with E-state index < -0.39 is 18.0 Å². The number of benzene rings is 2. The summed E-state index contributed by atoms with van der Waals surface area (Å²) in [7, 11) is 0. The highest BCUT2D eigenvalue weighted by Crippen LogP contribution is 2.19. The van der Waals surface area contributed by atoms with Crippen LogP contribution in [0.5, 0.6) is 0 Å². The third-order valence-corrected chi connectivity index (χ3v) is 4.77. The largest absolute Gasteiger partial charge is 0.449 e. The number of fused-ring (bicyclic) bond motifs is 1. The van der Waals surface area contributed by atoms with E-state index in [2.05, 4.69) is 20.8 Å². The number of hydrogen-bond donors (Lipinski definition) is 3. The van der Waals surface area contributed by atoms with Crippen LogP contribution in [0.3, 0.4) is 0 Å². The minimum Gasteiger partial charge on any atom is -0.449 e. The van der Waals surface area contributed by atoms with E-state index in [9.17, 15) is 9.59 Å². The van der Waals surface area contributed by atoms with Crippen molar-refractivity contribution in [2.45, 2.75) is 26.3 Å². The van der Waals surface area contributed by atoms with E-state index in [1.54, 1.807) is 24.3 Å². The lowest BCUT2D eigenvalue weighted by Gasteiger charge is -2.17. The van der Waals surface area contributed by atoms with E-state index in [0.29, 0.717) is 5.02 Å². The fourth-order valence-electron chi connectivity index (χ4n) is 2.95. The average molecular weight is 441 g/mol. The van der Waals surface area contributed by atoms with Crippen molar-refractivity contribution >= 4 is 40.7 Å². The third kappa shape index (κ3) is 6.58. The Hall–Kier alpha value is -3.32. The molecule has 3 aromatic rings. The standard InChI is InChI=1S/C23H25ClN4O3/c1-15(2)14-31-23(30)27-21(11-17-13-25-20-6-4-3-5-19(17)20)22(29)28-26-12-16-7-9-18(24)10-8-16/h3-10,12-13,15,21,25H,11,14H2,1-2H3,(H,27,30)(H,28,29)/b26-12-/t21-/m1/s1. The molecular weight excluding hydrogens is 416 g/mol. The number of H-pyrrole nitrogens is 1. The van der Waals surface area contributed by atoms with Crippen LogP contribution in [0.2, 0.25) is 5.02 Å². The van der Waals surface area contributed by atoms with Crippen LogP contribution in [-0.2, 0) is 16.0 Å². The van der Waals surface area contributed by atoms with Crippen LogP contribution in [0.4, 0.5) is 4.79 Å². The molecule has 0 bridgehead atoms. The van der Waals surface area contributed by atoms with E-state index in [-0.39, 0.29) is 18.9 Å². The number of aromatic amines is 1. The van der Waals surface area contributed by atoms with Gasteiger partial charge in [0.15, 0.2) is 0 Å². The Morgan fingerprint density at radius 3 is 2.65 bits per heavy atom. The van der Waals surface area contributed by atoms with Crippen molar-refractivity contribution in [3.8, 4) is 0 Å². The van der Waals surface area contributed by atoms with Gasteiger partial charge in [0.1, 0.15) is 6.04 Å². The number of para-hydroxylation sites is 1. The summed E-state index contributed by atoms with van der Waals surface area (Å²) in [4.78, 5) is 28.2. The molecule has 1 heterocycles. The number of ether oxygens (including phenoxy) is 1. The summed E-state index contributed by atoms with van der Waals surface area (Å²) < 4.78 is 5.19. The van der Waals surface area contributed by atoms with Gasteiger partial charge in [0.05, 0.1) is 12.8 Å². The Kier molecular flexibility index (Phi) is 7.67. The first-order chi connectivity index (χ1) is 14.9. The normalized spacial score (nSPS) is 12.3.